The van der Waals surface area contributed by atoms with Crippen molar-refractivity contribution >= 4 is 12.4 Å². The highest BCUT2D eigenvalue weighted by atomic mass is 16.2. The second-order valence-corrected chi connectivity index (χ2v) is 5.93. The van der Waals surface area contributed by atoms with Gasteiger partial charge in [-0.3, -0.25) is 0 Å². The molecule has 102 valence electrons. The first kappa shape index (κ1) is 13.4. The second kappa shape index (κ2) is 5.84. The van der Waals surface area contributed by atoms with Gasteiger partial charge in [-0.2, -0.15) is 0 Å². The van der Waals surface area contributed by atoms with Crippen LogP contribution in [0, 0.1) is 6.92 Å². The van der Waals surface area contributed by atoms with E-state index in [2.05, 4.69) is 49.4 Å². The van der Waals surface area contributed by atoms with Gasteiger partial charge in [-0.1, -0.05) is 60.0 Å². The van der Waals surface area contributed by atoms with Crippen molar-refractivity contribution in [1.29, 1.82) is 0 Å². The number of hydrogen-bond acceptors (Lipinski definition) is 1. The largest absolute Gasteiger partial charge is 0.446 e. The van der Waals surface area contributed by atoms with Crippen LogP contribution in [-0.4, -0.2) is 11.9 Å². The third-order valence-corrected chi connectivity index (χ3v) is 4.32. The molecular formula is C18H21BO. The van der Waals surface area contributed by atoms with Crippen molar-refractivity contribution in [2.45, 2.75) is 38.9 Å². The maximum atomic E-state index is 10.1. The van der Waals surface area contributed by atoms with Gasteiger partial charge in [0.1, 0.15) is 0 Å². The van der Waals surface area contributed by atoms with Crippen LogP contribution in [0.3, 0.4) is 0 Å². The molecule has 2 aromatic rings. The molecule has 2 aromatic carbocycles. The number of fused-ring (bicyclic) bond motifs is 1. The van der Waals surface area contributed by atoms with E-state index in [1.165, 1.54) is 22.3 Å². The van der Waals surface area contributed by atoms with Crippen LogP contribution >= 0.6 is 0 Å². The van der Waals surface area contributed by atoms with Crippen molar-refractivity contribution in [3.8, 4) is 0 Å². The molecule has 0 fully saturated rings. The van der Waals surface area contributed by atoms with Crippen LogP contribution in [0.5, 0.6) is 0 Å². The SMILES string of the molecule is Cc1ccc(CCc2ccc3c(c2)B(O)CCC3)cc1. The third kappa shape index (κ3) is 2.96. The van der Waals surface area contributed by atoms with Crippen LogP contribution in [0.4, 0.5) is 0 Å². The zero-order valence-corrected chi connectivity index (χ0v) is 12.1. The van der Waals surface area contributed by atoms with Gasteiger partial charge in [0.05, 0.1) is 0 Å². The summed E-state index contributed by atoms with van der Waals surface area (Å²) in [6.07, 6.45) is 5.24. The average molecular weight is 264 g/mol. The minimum Gasteiger partial charge on any atom is -0.446 e. The van der Waals surface area contributed by atoms with Crippen LogP contribution < -0.4 is 5.46 Å². The van der Waals surface area contributed by atoms with Gasteiger partial charge in [0.25, 0.3) is 0 Å². The van der Waals surface area contributed by atoms with Gasteiger partial charge in [0.2, 0.25) is 0 Å². The van der Waals surface area contributed by atoms with Gasteiger partial charge >= 0.3 is 6.92 Å². The van der Waals surface area contributed by atoms with Crippen LogP contribution in [0.1, 0.15) is 28.7 Å². The first-order chi connectivity index (χ1) is 9.72. The Hall–Kier alpha value is -1.54. The zero-order valence-electron chi connectivity index (χ0n) is 12.1. The molecule has 0 saturated carbocycles. The fourth-order valence-corrected chi connectivity index (χ4v) is 3.02. The fraction of sp³-hybridized carbons (Fsp3) is 0.333. The molecule has 0 amide bonds. The number of benzene rings is 2. The summed E-state index contributed by atoms with van der Waals surface area (Å²) in [7, 11) is 0. The van der Waals surface area contributed by atoms with Crippen molar-refractivity contribution in [2.75, 3.05) is 0 Å². The van der Waals surface area contributed by atoms with Crippen molar-refractivity contribution < 1.29 is 5.02 Å². The van der Waals surface area contributed by atoms with Crippen molar-refractivity contribution in [2.24, 2.45) is 0 Å². The molecule has 0 aliphatic carbocycles. The molecule has 0 spiro atoms. The Morgan fingerprint density at radius 3 is 2.50 bits per heavy atom. The predicted octanol–water partition coefficient (Wildman–Crippen LogP) is 2.92. The van der Waals surface area contributed by atoms with E-state index in [1.54, 1.807) is 0 Å². The van der Waals surface area contributed by atoms with E-state index in [0.29, 0.717) is 0 Å². The first-order valence-electron chi connectivity index (χ1n) is 7.58. The highest BCUT2D eigenvalue weighted by molar-refractivity contribution is 6.67. The van der Waals surface area contributed by atoms with Gasteiger partial charge < -0.3 is 5.02 Å². The molecule has 3 rings (SSSR count). The molecule has 1 aliphatic heterocycles. The summed E-state index contributed by atoms with van der Waals surface area (Å²) in [6.45, 7) is 1.87. The molecule has 0 aromatic heterocycles. The summed E-state index contributed by atoms with van der Waals surface area (Å²) in [4.78, 5) is 0. The smallest absolute Gasteiger partial charge is 0.323 e. The molecule has 1 heterocycles. The minimum atomic E-state index is -0.252. The lowest BCUT2D eigenvalue weighted by Gasteiger charge is -2.19. The third-order valence-electron chi connectivity index (χ3n) is 4.32. The molecule has 0 unspecified atom stereocenters. The fourth-order valence-electron chi connectivity index (χ4n) is 3.02. The van der Waals surface area contributed by atoms with E-state index >= 15 is 0 Å². The van der Waals surface area contributed by atoms with Crippen LogP contribution in [0.15, 0.2) is 42.5 Å². The molecular weight excluding hydrogens is 243 g/mol. The Balaban J connectivity index is 1.72. The van der Waals surface area contributed by atoms with Crippen LogP contribution in [-0.2, 0) is 19.3 Å². The lowest BCUT2D eigenvalue weighted by molar-refractivity contribution is 0.574. The molecule has 1 aliphatic rings. The van der Waals surface area contributed by atoms with Gasteiger partial charge in [-0.05, 0) is 49.1 Å². The van der Waals surface area contributed by atoms with E-state index in [0.717, 1.165) is 37.5 Å². The highest BCUT2D eigenvalue weighted by Crippen LogP contribution is 2.16. The average Bonchev–Trinajstić information content (AvgIpc) is 2.47. The first-order valence-corrected chi connectivity index (χ1v) is 7.58. The highest BCUT2D eigenvalue weighted by Gasteiger charge is 2.22. The molecule has 0 radical (unpaired) electrons. The Kier molecular flexibility index (Phi) is 3.93. The standard InChI is InChI=1S/C18H21BO/c1-14-4-6-15(7-5-14)8-9-16-10-11-17-3-2-12-19(20)18(17)13-16/h4-7,10-11,13,20H,2-3,8-9,12H2,1H3. The minimum absolute atomic E-state index is 0.252. The predicted molar refractivity (Wildman–Crippen MR) is 85.8 cm³/mol. The maximum absolute atomic E-state index is 10.1. The molecule has 2 heteroatoms. The second-order valence-electron chi connectivity index (χ2n) is 5.93. The Morgan fingerprint density at radius 2 is 1.70 bits per heavy atom. The number of rotatable bonds is 3. The van der Waals surface area contributed by atoms with E-state index < -0.39 is 0 Å². The maximum Gasteiger partial charge on any atom is 0.323 e. The summed E-state index contributed by atoms with van der Waals surface area (Å²) in [5, 5.41) is 10.1. The van der Waals surface area contributed by atoms with Gasteiger partial charge in [0.15, 0.2) is 0 Å². The molecule has 20 heavy (non-hydrogen) atoms. The van der Waals surface area contributed by atoms with Crippen molar-refractivity contribution in [3.05, 3.63) is 64.7 Å². The number of hydrogen-bond donors (Lipinski definition) is 1. The molecule has 0 saturated heterocycles. The molecule has 1 N–H and O–H groups in total. The molecule has 1 nitrogen and oxygen atoms in total. The summed E-state index contributed by atoms with van der Waals surface area (Å²) < 4.78 is 0. The lowest BCUT2D eigenvalue weighted by atomic mass is 9.53. The summed E-state index contributed by atoms with van der Waals surface area (Å²) in [5.41, 5.74) is 6.53. The van der Waals surface area contributed by atoms with E-state index in [1.807, 2.05) is 0 Å². The lowest BCUT2D eigenvalue weighted by Crippen LogP contribution is -2.36. The van der Waals surface area contributed by atoms with Crippen molar-refractivity contribution in [3.63, 3.8) is 0 Å². The zero-order chi connectivity index (χ0) is 13.9. The topological polar surface area (TPSA) is 20.2 Å². The van der Waals surface area contributed by atoms with Gasteiger partial charge in [-0.15, -0.1) is 0 Å². The van der Waals surface area contributed by atoms with Gasteiger partial charge in [0, 0.05) is 0 Å². The monoisotopic (exact) mass is 264 g/mol. The normalized spacial score (nSPS) is 14.2. The Morgan fingerprint density at radius 1 is 1.00 bits per heavy atom. The molecule has 0 atom stereocenters. The van der Waals surface area contributed by atoms with E-state index in [-0.39, 0.29) is 6.92 Å². The van der Waals surface area contributed by atoms with Crippen molar-refractivity contribution in [1.82, 2.24) is 0 Å². The Bertz CT molecular complexity index is 589. The van der Waals surface area contributed by atoms with Gasteiger partial charge in [-0.25, -0.2) is 0 Å². The summed E-state index contributed by atoms with van der Waals surface area (Å²) in [6, 6.07) is 15.4. The Labute approximate surface area is 121 Å². The number of aryl methyl sites for hydroxylation is 4. The van der Waals surface area contributed by atoms with Crippen LogP contribution in [0.2, 0.25) is 6.32 Å². The quantitative estimate of drug-likeness (QED) is 0.845. The summed E-state index contributed by atoms with van der Waals surface area (Å²) >= 11 is 0. The van der Waals surface area contributed by atoms with E-state index in [9.17, 15) is 5.02 Å². The van der Waals surface area contributed by atoms with E-state index in [4.69, 9.17) is 0 Å². The van der Waals surface area contributed by atoms with Crippen LogP contribution in [0.25, 0.3) is 0 Å². The summed E-state index contributed by atoms with van der Waals surface area (Å²) in [5.74, 6) is 0. The molecule has 0 bridgehead atoms.